The first-order chi connectivity index (χ1) is 8.65. The van der Waals surface area contributed by atoms with Crippen LogP contribution in [-0.4, -0.2) is 42.7 Å². The van der Waals surface area contributed by atoms with E-state index in [1.807, 2.05) is 11.9 Å². The summed E-state index contributed by atoms with van der Waals surface area (Å²) >= 11 is 0. The minimum atomic E-state index is -0.784. The van der Waals surface area contributed by atoms with Crippen LogP contribution in [0, 0.1) is 0 Å². The molecular formula is C14H20N2O2. The van der Waals surface area contributed by atoms with Crippen molar-refractivity contribution in [2.24, 2.45) is 0 Å². The van der Waals surface area contributed by atoms with E-state index in [2.05, 4.69) is 29.2 Å². The summed E-state index contributed by atoms with van der Waals surface area (Å²) in [4.78, 5) is 14.8. The summed E-state index contributed by atoms with van der Waals surface area (Å²) in [6.07, 6.45) is 2.53. The first-order valence-electron chi connectivity index (χ1n) is 6.39. The molecule has 0 aromatic heterocycles. The molecule has 0 atom stereocenters. The highest BCUT2D eigenvalue weighted by Crippen LogP contribution is 2.21. The van der Waals surface area contributed by atoms with Crippen LogP contribution in [0.2, 0.25) is 0 Å². The number of rotatable bonds is 5. The maximum Gasteiger partial charge on any atom is 0.317 e. The standard InChI is InChI=1S/C14H20N2O2/c1-15(11-14(17)18)10-12-5-4-6-13(9-12)16-7-2-3-8-16/h4-6,9H,2-3,7-8,10-11H2,1H3,(H,17,18). The molecule has 1 saturated heterocycles. The number of hydrogen-bond donors (Lipinski definition) is 1. The molecule has 0 aliphatic carbocycles. The smallest absolute Gasteiger partial charge is 0.317 e. The molecule has 1 aromatic carbocycles. The lowest BCUT2D eigenvalue weighted by atomic mass is 10.2. The Hall–Kier alpha value is -1.55. The van der Waals surface area contributed by atoms with Gasteiger partial charge in [-0.05, 0) is 37.6 Å². The molecule has 98 valence electrons. The van der Waals surface area contributed by atoms with Gasteiger partial charge in [-0.3, -0.25) is 9.69 Å². The third-order valence-electron chi connectivity index (χ3n) is 3.24. The SMILES string of the molecule is CN(CC(=O)O)Cc1cccc(N2CCCC2)c1. The number of carboxylic acids is 1. The largest absolute Gasteiger partial charge is 0.480 e. The fourth-order valence-electron chi connectivity index (χ4n) is 2.43. The highest BCUT2D eigenvalue weighted by atomic mass is 16.4. The lowest BCUT2D eigenvalue weighted by Gasteiger charge is -2.20. The third-order valence-corrected chi connectivity index (χ3v) is 3.24. The number of carbonyl (C=O) groups is 1. The third kappa shape index (κ3) is 3.47. The van der Waals surface area contributed by atoms with E-state index in [1.165, 1.54) is 24.1 Å². The molecule has 2 rings (SSSR count). The van der Waals surface area contributed by atoms with Crippen LogP contribution < -0.4 is 4.90 Å². The Bertz CT molecular complexity index is 414. The van der Waals surface area contributed by atoms with Crippen molar-refractivity contribution in [2.75, 3.05) is 31.6 Å². The zero-order valence-electron chi connectivity index (χ0n) is 10.8. The highest BCUT2D eigenvalue weighted by molar-refractivity contribution is 5.69. The van der Waals surface area contributed by atoms with Crippen LogP contribution in [0.4, 0.5) is 5.69 Å². The van der Waals surface area contributed by atoms with Crippen LogP contribution in [0.3, 0.4) is 0 Å². The second-order valence-electron chi connectivity index (χ2n) is 4.93. The van der Waals surface area contributed by atoms with Gasteiger partial charge in [0, 0.05) is 25.3 Å². The zero-order chi connectivity index (χ0) is 13.0. The van der Waals surface area contributed by atoms with Crippen LogP contribution in [0.15, 0.2) is 24.3 Å². The molecule has 0 bridgehead atoms. The summed E-state index contributed by atoms with van der Waals surface area (Å²) in [5, 5.41) is 8.74. The monoisotopic (exact) mass is 248 g/mol. The number of likely N-dealkylation sites (N-methyl/N-ethyl adjacent to an activating group) is 1. The molecule has 0 saturated carbocycles. The van der Waals surface area contributed by atoms with Gasteiger partial charge in [0.1, 0.15) is 0 Å². The van der Waals surface area contributed by atoms with E-state index in [4.69, 9.17) is 5.11 Å². The first-order valence-corrected chi connectivity index (χ1v) is 6.39. The molecule has 0 amide bonds. The molecular weight excluding hydrogens is 228 g/mol. The number of benzene rings is 1. The molecule has 0 spiro atoms. The average Bonchev–Trinajstić information content (AvgIpc) is 2.81. The number of aliphatic carboxylic acids is 1. The van der Waals surface area contributed by atoms with Crippen molar-refractivity contribution >= 4 is 11.7 Å². The normalized spacial score (nSPS) is 15.3. The maximum absolute atomic E-state index is 10.6. The lowest BCUT2D eigenvalue weighted by molar-refractivity contribution is -0.138. The van der Waals surface area contributed by atoms with Gasteiger partial charge in [0.2, 0.25) is 0 Å². The minimum absolute atomic E-state index is 0.0773. The molecule has 1 aromatic rings. The van der Waals surface area contributed by atoms with Gasteiger partial charge in [-0.15, -0.1) is 0 Å². The van der Waals surface area contributed by atoms with Crippen LogP contribution in [-0.2, 0) is 11.3 Å². The molecule has 0 unspecified atom stereocenters. The molecule has 1 fully saturated rings. The lowest BCUT2D eigenvalue weighted by Crippen LogP contribution is -2.25. The number of hydrogen-bond acceptors (Lipinski definition) is 3. The Morgan fingerprint density at radius 1 is 1.39 bits per heavy atom. The number of carboxylic acid groups (broad SMARTS) is 1. The fourth-order valence-corrected chi connectivity index (χ4v) is 2.43. The molecule has 1 aliphatic heterocycles. The van der Waals surface area contributed by atoms with Gasteiger partial charge in [0.25, 0.3) is 0 Å². The Balaban J connectivity index is 2.00. The van der Waals surface area contributed by atoms with E-state index in [1.54, 1.807) is 0 Å². The van der Waals surface area contributed by atoms with Gasteiger partial charge in [-0.25, -0.2) is 0 Å². The molecule has 4 heteroatoms. The van der Waals surface area contributed by atoms with Crippen LogP contribution in [0.25, 0.3) is 0 Å². The number of nitrogens with zero attached hydrogens (tertiary/aromatic N) is 2. The summed E-state index contributed by atoms with van der Waals surface area (Å²) in [6, 6.07) is 8.41. The predicted octanol–water partition coefficient (Wildman–Crippen LogP) is 1.80. The Kier molecular flexibility index (Phi) is 4.20. The van der Waals surface area contributed by atoms with E-state index in [0.29, 0.717) is 6.54 Å². The van der Waals surface area contributed by atoms with E-state index >= 15 is 0 Å². The summed E-state index contributed by atoms with van der Waals surface area (Å²) < 4.78 is 0. The summed E-state index contributed by atoms with van der Waals surface area (Å²) in [6.45, 7) is 3.02. The van der Waals surface area contributed by atoms with Gasteiger partial charge in [0.05, 0.1) is 6.54 Å². The van der Waals surface area contributed by atoms with Gasteiger partial charge >= 0.3 is 5.97 Å². The van der Waals surface area contributed by atoms with Crippen molar-refractivity contribution in [3.8, 4) is 0 Å². The summed E-state index contributed by atoms with van der Waals surface area (Å²) in [7, 11) is 1.83. The van der Waals surface area contributed by atoms with Crippen molar-refractivity contribution in [1.29, 1.82) is 0 Å². The zero-order valence-corrected chi connectivity index (χ0v) is 10.8. The Labute approximate surface area is 108 Å². The van der Waals surface area contributed by atoms with E-state index in [0.717, 1.165) is 13.1 Å². The molecule has 4 nitrogen and oxygen atoms in total. The van der Waals surface area contributed by atoms with Crippen LogP contribution in [0.1, 0.15) is 18.4 Å². The molecule has 1 N–H and O–H groups in total. The number of anilines is 1. The van der Waals surface area contributed by atoms with Crippen molar-refractivity contribution < 1.29 is 9.90 Å². The maximum atomic E-state index is 10.6. The quantitative estimate of drug-likeness (QED) is 0.863. The van der Waals surface area contributed by atoms with Gasteiger partial charge in [0.15, 0.2) is 0 Å². The van der Waals surface area contributed by atoms with E-state index in [-0.39, 0.29) is 6.54 Å². The predicted molar refractivity (Wildman–Crippen MR) is 71.9 cm³/mol. The molecule has 1 aliphatic rings. The van der Waals surface area contributed by atoms with E-state index in [9.17, 15) is 4.79 Å². The van der Waals surface area contributed by atoms with Gasteiger partial charge < -0.3 is 10.0 Å². The average molecular weight is 248 g/mol. The fraction of sp³-hybridized carbons (Fsp3) is 0.500. The molecule has 0 radical (unpaired) electrons. The summed E-state index contributed by atoms with van der Waals surface area (Å²) in [5.41, 5.74) is 2.43. The van der Waals surface area contributed by atoms with Crippen molar-refractivity contribution in [3.05, 3.63) is 29.8 Å². The van der Waals surface area contributed by atoms with Crippen molar-refractivity contribution in [3.63, 3.8) is 0 Å². The van der Waals surface area contributed by atoms with Crippen LogP contribution in [0.5, 0.6) is 0 Å². The second-order valence-corrected chi connectivity index (χ2v) is 4.93. The molecule has 1 heterocycles. The second kappa shape index (κ2) is 5.87. The topological polar surface area (TPSA) is 43.8 Å². The minimum Gasteiger partial charge on any atom is -0.480 e. The van der Waals surface area contributed by atoms with Crippen LogP contribution >= 0.6 is 0 Å². The summed E-state index contributed by atoms with van der Waals surface area (Å²) in [5.74, 6) is -0.784. The van der Waals surface area contributed by atoms with Crippen molar-refractivity contribution in [1.82, 2.24) is 4.90 Å². The van der Waals surface area contributed by atoms with Gasteiger partial charge in [-0.2, -0.15) is 0 Å². The van der Waals surface area contributed by atoms with Gasteiger partial charge in [-0.1, -0.05) is 12.1 Å². The Morgan fingerprint density at radius 2 is 2.11 bits per heavy atom. The highest BCUT2D eigenvalue weighted by Gasteiger charge is 2.12. The molecule has 18 heavy (non-hydrogen) atoms. The first kappa shape index (κ1) is 12.9. The Morgan fingerprint density at radius 3 is 2.78 bits per heavy atom. The van der Waals surface area contributed by atoms with E-state index < -0.39 is 5.97 Å². The van der Waals surface area contributed by atoms with Crippen molar-refractivity contribution in [2.45, 2.75) is 19.4 Å².